The molecular weight excluding hydrogens is 399 g/mol. The van der Waals surface area contributed by atoms with E-state index in [1.165, 1.54) is 18.2 Å². The molecule has 1 unspecified atom stereocenters. The summed E-state index contributed by atoms with van der Waals surface area (Å²) >= 11 is 0. The van der Waals surface area contributed by atoms with Crippen molar-refractivity contribution < 1.29 is 23.5 Å². The van der Waals surface area contributed by atoms with Crippen molar-refractivity contribution in [2.75, 3.05) is 39.4 Å². The largest absolute Gasteiger partial charge is 0.484 e. The van der Waals surface area contributed by atoms with E-state index in [2.05, 4.69) is 0 Å². The summed E-state index contributed by atoms with van der Waals surface area (Å²) < 4.78 is 25.0. The van der Waals surface area contributed by atoms with E-state index in [1.807, 2.05) is 32.0 Å². The molecule has 2 amide bonds. The van der Waals surface area contributed by atoms with Crippen molar-refractivity contribution in [2.24, 2.45) is 5.92 Å². The maximum atomic E-state index is 13.6. The number of para-hydroxylation sites is 1. The molecule has 2 aromatic carbocycles. The van der Waals surface area contributed by atoms with Gasteiger partial charge in [0, 0.05) is 31.7 Å². The highest BCUT2D eigenvalue weighted by atomic mass is 19.1. The lowest BCUT2D eigenvalue weighted by molar-refractivity contribution is -0.141. The molecule has 166 valence electrons. The lowest BCUT2D eigenvalue weighted by Gasteiger charge is -2.36. The maximum Gasteiger partial charge on any atom is 0.260 e. The molecule has 7 heteroatoms. The van der Waals surface area contributed by atoms with Gasteiger partial charge in [-0.25, -0.2) is 4.39 Å². The summed E-state index contributed by atoms with van der Waals surface area (Å²) in [5.74, 6) is 0.0682. The van der Waals surface area contributed by atoms with Gasteiger partial charge in [-0.2, -0.15) is 0 Å². The van der Waals surface area contributed by atoms with Gasteiger partial charge in [-0.1, -0.05) is 38.1 Å². The topological polar surface area (TPSA) is 59.1 Å². The Morgan fingerprint density at radius 3 is 2.68 bits per heavy atom. The van der Waals surface area contributed by atoms with Crippen molar-refractivity contribution >= 4 is 11.8 Å². The van der Waals surface area contributed by atoms with Crippen LogP contribution < -0.4 is 4.74 Å². The van der Waals surface area contributed by atoms with E-state index in [-0.39, 0.29) is 30.4 Å². The number of nitrogens with zero attached hydrogens (tertiary/aromatic N) is 2. The van der Waals surface area contributed by atoms with Gasteiger partial charge in [0.15, 0.2) is 6.61 Å². The van der Waals surface area contributed by atoms with E-state index >= 15 is 0 Å². The average molecular weight is 429 g/mol. The van der Waals surface area contributed by atoms with Crippen molar-refractivity contribution in [3.05, 3.63) is 66.0 Å². The maximum absolute atomic E-state index is 13.6. The smallest absolute Gasteiger partial charge is 0.260 e. The molecule has 1 saturated heterocycles. The molecule has 0 spiro atoms. The Morgan fingerprint density at radius 2 is 1.97 bits per heavy atom. The molecule has 31 heavy (non-hydrogen) atoms. The molecule has 0 aliphatic carbocycles. The van der Waals surface area contributed by atoms with Crippen LogP contribution in [0, 0.1) is 11.7 Å². The Labute approximate surface area is 182 Å². The first-order valence-corrected chi connectivity index (χ1v) is 10.5. The molecule has 0 aromatic heterocycles. The second kappa shape index (κ2) is 10.9. The number of hydrogen-bond donors (Lipinski definition) is 0. The minimum atomic E-state index is -0.445. The van der Waals surface area contributed by atoms with Gasteiger partial charge >= 0.3 is 0 Å². The first kappa shape index (κ1) is 22.7. The zero-order valence-electron chi connectivity index (χ0n) is 18.0. The third kappa shape index (κ3) is 6.79. The van der Waals surface area contributed by atoms with Crippen molar-refractivity contribution in [2.45, 2.75) is 20.0 Å². The number of hydrogen-bond acceptors (Lipinski definition) is 4. The van der Waals surface area contributed by atoms with E-state index < -0.39 is 5.82 Å². The van der Waals surface area contributed by atoms with Crippen LogP contribution in [0.4, 0.5) is 4.39 Å². The van der Waals surface area contributed by atoms with Gasteiger partial charge in [0.1, 0.15) is 11.6 Å². The van der Waals surface area contributed by atoms with Crippen LogP contribution in [0.1, 0.15) is 24.2 Å². The van der Waals surface area contributed by atoms with Gasteiger partial charge < -0.3 is 19.3 Å². The van der Waals surface area contributed by atoms with Crippen LogP contribution in [-0.4, -0.2) is 67.1 Å². The molecule has 0 radical (unpaired) electrons. The fourth-order valence-electron chi connectivity index (χ4n) is 3.54. The number of amides is 2. The van der Waals surface area contributed by atoms with E-state index in [4.69, 9.17) is 9.47 Å². The lowest BCUT2D eigenvalue weighted by atomic mass is 10.1. The van der Waals surface area contributed by atoms with Crippen LogP contribution in [0.15, 0.2) is 54.6 Å². The highest BCUT2D eigenvalue weighted by molar-refractivity contribution is 5.94. The molecule has 1 atom stereocenters. The molecular formula is C24H29FN2O4. The summed E-state index contributed by atoms with van der Waals surface area (Å²) in [6, 6.07) is 14.9. The predicted octanol–water partition coefficient (Wildman–Crippen LogP) is 3.23. The Kier molecular flexibility index (Phi) is 8.00. The lowest BCUT2D eigenvalue weighted by Crippen LogP contribution is -2.52. The molecule has 3 rings (SSSR count). The average Bonchev–Trinajstić information content (AvgIpc) is 2.77. The zero-order valence-corrected chi connectivity index (χ0v) is 18.0. The van der Waals surface area contributed by atoms with Crippen LogP contribution in [0.25, 0.3) is 0 Å². The minimum Gasteiger partial charge on any atom is -0.484 e. The monoisotopic (exact) mass is 428 g/mol. The third-order valence-corrected chi connectivity index (χ3v) is 4.97. The number of morpholine rings is 1. The highest BCUT2D eigenvalue weighted by Crippen LogP contribution is 2.14. The molecule has 1 aliphatic heterocycles. The molecule has 2 aromatic rings. The number of carbonyl (C=O) groups is 2. The van der Waals surface area contributed by atoms with E-state index in [1.54, 1.807) is 28.0 Å². The Hall–Kier alpha value is -2.93. The number of halogens is 1. The van der Waals surface area contributed by atoms with Crippen LogP contribution in [0.2, 0.25) is 0 Å². The fourth-order valence-corrected chi connectivity index (χ4v) is 3.54. The van der Waals surface area contributed by atoms with E-state index in [9.17, 15) is 14.0 Å². The van der Waals surface area contributed by atoms with Crippen molar-refractivity contribution in [3.8, 4) is 5.75 Å². The van der Waals surface area contributed by atoms with E-state index in [0.717, 1.165) is 0 Å². The van der Waals surface area contributed by atoms with Gasteiger partial charge in [0.25, 0.3) is 11.8 Å². The number of benzene rings is 2. The van der Waals surface area contributed by atoms with Crippen molar-refractivity contribution in [1.29, 1.82) is 0 Å². The summed E-state index contributed by atoms with van der Waals surface area (Å²) in [7, 11) is 0. The second-order valence-corrected chi connectivity index (χ2v) is 8.05. The molecule has 1 aliphatic rings. The Balaban J connectivity index is 1.60. The van der Waals surface area contributed by atoms with Crippen LogP contribution in [-0.2, 0) is 9.53 Å². The number of rotatable bonds is 8. The number of ether oxygens (including phenoxy) is 2. The first-order chi connectivity index (χ1) is 14.9. The SMILES string of the molecule is CC(C)CN(CC1CN(C(=O)COc2ccccc2)CCO1)C(=O)c1cccc(F)c1. The standard InChI is InChI=1S/C24H29FN2O4/c1-18(2)14-27(24(29)19-7-6-8-20(25)13-19)16-22-15-26(11-12-30-22)23(28)17-31-21-9-4-3-5-10-21/h3-10,13,18,22H,11-12,14-17H2,1-2H3. The van der Waals surface area contributed by atoms with Gasteiger partial charge in [-0.05, 0) is 36.2 Å². The van der Waals surface area contributed by atoms with Crippen LogP contribution >= 0.6 is 0 Å². The second-order valence-electron chi connectivity index (χ2n) is 8.05. The highest BCUT2D eigenvalue weighted by Gasteiger charge is 2.28. The molecule has 1 fully saturated rings. The number of carbonyl (C=O) groups excluding carboxylic acids is 2. The first-order valence-electron chi connectivity index (χ1n) is 10.5. The predicted molar refractivity (Wildman–Crippen MR) is 115 cm³/mol. The zero-order chi connectivity index (χ0) is 22.2. The van der Waals surface area contributed by atoms with Gasteiger partial charge in [0.2, 0.25) is 0 Å². The minimum absolute atomic E-state index is 0.0470. The molecule has 1 heterocycles. The van der Waals surface area contributed by atoms with Crippen LogP contribution in [0.3, 0.4) is 0 Å². The quantitative estimate of drug-likeness (QED) is 0.648. The third-order valence-electron chi connectivity index (χ3n) is 4.97. The molecule has 0 N–H and O–H groups in total. The van der Waals surface area contributed by atoms with Crippen LogP contribution in [0.5, 0.6) is 5.75 Å². The molecule has 0 saturated carbocycles. The fraction of sp³-hybridized carbons (Fsp3) is 0.417. The normalized spacial score (nSPS) is 16.3. The summed E-state index contributed by atoms with van der Waals surface area (Å²) in [5.41, 5.74) is 0.306. The van der Waals surface area contributed by atoms with E-state index in [0.29, 0.717) is 44.1 Å². The summed E-state index contributed by atoms with van der Waals surface area (Å²) in [4.78, 5) is 29.0. The Morgan fingerprint density at radius 1 is 1.19 bits per heavy atom. The Bertz CT molecular complexity index is 875. The van der Waals surface area contributed by atoms with Gasteiger partial charge in [-0.15, -0.1) is 0 Å². The summed E-state index contributed by atoms with van der Waals surface area (Å²) in [5, 5.41) is 0. The summed E-state index contributed by atoms with van der Waals surface area (Å²) in [6.45, 7) is 6.09. The van der Waals surface area contributed by atoms with Gasteiger partial charge in [0.05, 0.1) is 12.7 Å². The van der Waals surface area contributed by atoms with Gasteiger partial charge in [-0.3, -0.25) is 9.59 Å². The molecule has 6 nitrogen and oxygen atoms in total. The molecule has 0 bridgehead atoms. The summed E-state index contributed by atoms with van der Waals surface area (Å²) in [6.07, 6.45) is -0.314. The van der Waals surface area contributed by atoms with Crippen molar-refractivity contribution in [3.63, 3.8) is 0 Å². The van der Waals surface area contributed by atoms with Crippen molar-refractivity contribution in [1.82, 2.24) is 9.80 Å².